The molecule has 9 aromatic rings. The van der Waals surface area contributed by atoms with Gasteiger partial charge in [0, 0.05) is 32.8 Å². The standard InChI is InChI=1S/C42H28N4O/c1-42(2)33-15-7-3-11-27(33)31-23-32-28-12-6-10-18-37(28)45(38(32)24-34(31)42)26-21-19-25(20-22-26)39-43-35-16-8-4-13-29(35)40-44-36-17-9-5-14-30(36)41(47)46(39)40/h3-24H,1-2H3. The van der Waals surface area contributed by atoms with Crippen LogP contribution in [0.15, 0.2) is 138 Å². The average Bonchev–Trinajstić information content (AvgIpc) is 3.55. The maximum Gasteiger partial charge on any atom is 0.267 e. The Morgan fingerprint density at radius 3 is 2.02 bits per heavy atom. The summed E-state index contributed by atoms with van der Waals surface area (Å²) in [5, 5.41) is 3.88. The van der Waals surface area contributed by atoms with Crippen LogP contribution < -0.4 is 5.56 Å². The van der Waals surface area contributed by atoms with E-state index in [4.69, 9.17) is 9.97 Å². The third kappa shape index (κ3) is 3.51. The first-order valence-corrected chi connectivity index (χ1v) is 16.0. The van der Waals surface area contributed by atoms with Gasteiger partial charge in [0.1, 0.15) is 5.82 Å². The van der Waals surface area contributed by atoms with Gasteiger partial charge in [0.25, 0.3) is 5.56 Å². The summed E-state index contributed by atoms with van der Waals surface area (Å²) in [7, 11) is 0. The van der Waals surface area contributed by atoms with Crippen LogP contribution in [0.4, 0.5) is 0 Å². The normalized spacial score (nSPS) is 13.6. The molecule has 0 radical (unpaired) electrons. The van der Waals surface area contributed by atoms with Crippen molar-refractivity contribution in [1.29, 1.82) is 0 Å². The fourth-order valence-electron chi connectivity index (χ4n) is 7.83. The van der Waals surface area contributed by atoms with Crippen molar-refractivity contribution in [2.24, 2.45) is 0 Å². The molecule has 0 amide bonds. The summed E-state index contributed by atoms with van der Waals surface area (Å²) < 4.78 is 4.03. The summed E-state index contributed by atoms with van der Waals surface area (Å²) in [6, 6.07) is 46.0. The highest BCUT2D eigenvalue weighted by Crippen LogP contribution is 2.51. The molecule has 3 aromatic heterocycles. The van der Waals surface area contributed by atoms with E-state index in [1.54, 1.807) is 4.40 Å². The summed E-state index contributed by atoms with van der Waals surface area (Å²) in [6.45, 7) is 4.65. The summed E-state index contributed by atoms with van der Waals surface area (Å²) >= 11 is 0. The predicted molar refractivity (Wildman–Crippen MR) is 192 cm³/mol. The molecule has 0 N–H and O–H groups in total. The van der Waals surface area contributed by atoms with Crippen LogP contribution in [-0.2, 0) is 5.41 Å². The molecule has 0 saturated heterocycles. The second kappa shape index (κ2) is 9.24. The van der Waals surface area contributed by atoms with Crippen LogP contribution in [0, 0.1) is 0 Å². The van der Waals surface area contributed by atoms with Crippen molar-refractivity contribution in [1.82, 2.24) is 18.9 Å². The molecule has 0 atom stereocenters. The molecule has 0 saturated carbocycles. The van der Waals surface area contributed by atoms with Crippen LogP contribution in [0.1, 0.15) is 25.0 Å². The molecule has 0 fully saturated rings. The Labute approximate surface area is 270 Å². The number of hydrogen-bond donors (Lipinski definition) is 0. The van der Waals surface area contributed by atoms with E-state index in [1.165, 1.54) is 38.5 Å². The van der Waals surface area contributed by atoms with Crippen molar-refractivity contribution in [3.63, 3.8) is 0 Å². The fourth-order valence-corrected chi connectivity index (χ4v) is 7.83. The van der Waals surface area contributed by atoms with E-state index in [-0.39, 0.29) is 11.0 Å². The van der Waals surface area contributed by atoms with Gasteiger partial charge >= 0.3 is 0 Å². The minimum atomic E-state index is -0.122. The van der Waals surface area contributed by atoms with E-state index in [0.717, 1.165) is 27.7 Å². The van der Waals surface area contributed by atoms with E-state index in [9.17, 15) is 4.79 Å². The summed E-state index contributed by atoms with van der Waals surface area (Å²) in [6.07, 6.45) is 0. The van der Waals surface area contributed by atoms with Gasteiger partial charge in [-0.2, -0.15) is 0 Å². The minimum absolute atomic E-state index is 0.0977. The summed E-state index contributed by atoms with van der Waals surface area (Å²) in [5.41, 5.74) is 11.5. The van der Waals surface area contributed by atoms with Gasteiger partial charge in [-0.05, 0) is 89.0 Å². The number of fused-ring (bicyclic) bond motifs is 10. The number of hydrogen-bond acceptors (Lipinski definition) is 3. The van der Waals surface area contributed by atoms with Crippen molar-refractivity contribution < 1.29 is 0 Å². The van der Waals surface area contributed by atoms with Crippen LogP contribution in [0.3, 0.4) is 0 Å². The lowest BCUT2D eigenvalue weighted by Gasteiger charge is -2.21. The third-order valence-corrected chi connectivity index (χ3v) is 10.1. The van der Waals surface area contributed by atoms with Crippen LogP contribution in [0.5, 0.6) is 0 Å². The molecule has 47 heavy (non-hydrogen) atoms. The zero-order chi connectivity index (χ0) is 31.4. The third-order valence-electron chi connectivity index (χ3n) is 10.1. The molecule has 1 aliphatic carbocycles. The van der Waals surface area contributed by atoms with E-state index in [2.05, 4.69) is 103 Å². The quantitative estimate of drug-likeness (QED) is 0.146. The zero-order valence-corrected chi connectivity index (χ0v) is 25.9. The molecule has 6 aromatic carbocycles. The van der Waals surface area contributed by atoms with Crippen LogP contribution in [0.2, 0.25) is 0 Å². The summed E-state index contributed by atoms with van der Waals surface area (Å²) in [4.78, 5) is 24.0. The lowest BCUT2D eigenvalue weighted by atomic mass is 9.82. The van der Waals surface area contributed by atoms with E-state index >= 15 is 0 Å². The maximum absolute atomic E-state index is 14.0. The predicted octanol–water partition coefficient (Wildman–Crippen LogP) is 9.47. The molecule has 0 aliphatic heterocycles. The zero-order valence-electron chi connectivity index (χ0n) is 25.9. The van der Waals surface area contributed by atoms with Crippen LogP contribution in [0.25, 0.3) is 77.5 Å². The van der Waals surface area contributed by atoms with E-state index in [0.29, 0.717) is 22.4 Å². The molecular weight excluding hydrogens is 576 g/mol. The molecular formula is C42H28N4O. The first kappa shape index (κ1) is 26.2. The van der Waals surface area contributed by atoms with Gasteiger partial charge in [0.05, 0.1) is 27.5 Å². The number of nitrogens with zero attached hydrogens (tertiary/aromatic N) is 4. The highest BCUT2D eigenvalue weighted by atomic mass is 16.1. The van der Waals surface area contributed by atoms with Gasteiger partial charge in [-0.25, -0.2) is 14.4 Å². The Hall–Kier alpha value is -6.07. The molecule has 3 heterocycles. The molecule has 222 valence electrons. The monoisotopic (exact) mass is 604 g/mol. The molecule has 5 heteroatoms. The van der Waals surface area contributed by atoms with Crippen molar-refractivity contribution in [2.45, 2.75) is 19.3 Å². The molecule has 0 bridgehead atoms. The van der Waals surface area contributed by atoms with Crippen molar-refractivity contribution >= 4 is 49.3 Å². The smallest absolute Gasteiger partial charge is 0.267 e. The van der Waals surface area contributed by atoms with Gasteiger partial charge in [0.2, 0.25) is 0 Å². The van der Waals surface area contributed by atoms with Crippen molar-refractivity contribution in [3.8, 4) is 28.2 Å². The second-order valence-electron chi connectivity index (χ2n) is 13.0. The molecule has 5 nitrogen and oxygen atoms in total. The number of para-hydroxylation sites is 3. The second-order valence-corrected chi connectivity index (χ2v) is 13.0. The Kier molecular flexibility index (Phi) is 5.15. The molecule has 0 unspecified atom stereocenters. The van der Waals surface area contributed by atoms with Gasteiger partial charge in [-0.3, -0.25) is 4.79 Å². The lowest BCUT2D eigenvalue weighted by Crippen LogP contribution is -2.18. The number of benzene rings is 6. The minimum Gasteiger partial charge on any atom is -0.309 e. The Morgan fingerprint density at radius 2 is 1.21 bits per heavy atom. The summed E-state index contributed by atoms with van der Waals surface area (Å²) in [5.74, 6) is 0.577. The highest BCUT2D eigenvalue weighted by molar-refractivity contribution is 6.11. The van der Waals surface area contributed by atoms with Gasteiger partial charge < -0.3 is 4.57 Å². The Balaban J connectivity index is 1.21. The highest BCUT2D eigenvalue weighted by Gasteiger charge is 2.36. The Morgan fingerprint density at radius 1 is 0.553 bits per heavy atom. The van der Waals surface area contributed by atoms with Crippen molar-refractivity contribution in [3.05, 3.63) is 155 Å². The van der Waals surface area contributed by atoms with Gasteiger partial charge in [-0.1, -0.05) is 80.6 Å². The van der Waals surface area contributed by atoms with Crippen LogP contribution >= 0.6 is 0 Å². The Bertz CT molecular complexity index is 2840. The SMILES string of the molecule is CC1(C)c2ccccc2-c2cc3c4ccccc4n(-c4ccc(-c5nc6ccccc6c6nc7ccccc7c(=O)n56)cc4)c3cc21. The van der Waals surface area contributed by atoms with Gasteiger partial charge in [-0.15, -0.1) is 0 Å². The lowest BCUT2D eigenvalue weighted by molar-refractivity contribution is 0.661. The molecule has 0 spiro atoms. The van der Waals surface area contributed by atoms with E-state index < -0.39 is 0 Å². The topological polar surface area (TPSA) is 52.2 Å². The maximum atomic E-state index is 14.0. The molecule has 10 rings (SSSR count). The first-order chi connectivity index (χ1) is 23.0. The van der Waals surface area contributed by atoms with Gasteiger partial charge in [0.15, 0.2) is 5.65 Å². The average molecular weight is 605 g/mol. The number of aromatic nitrogens is 4. The fraction of sp³-hybridized carbons (Fsp3) is 0.0714. The molecule has 1 aliphatic rings. The first-order valence-electron chi connectivity index (χ1n) is 16.0. The largest absolute Gasteiger partial charge is 0.309 e. The van der Waals surface area contributed by atoms with Crippen LogP contribution in [-0.4, -0.2) is 18.9 Å². The van der Waals surface area contributed by atoms with E-state index in [1.807, 2.05) is 48.5 Å². The van der Waals surface area contributed by atoms with Crippen molar-refractivity contribution in [2.75, 3.05) is 0 Å². The number of rotatable bonds is 2.